The minimum absolute atomic E-state index is 0.159. The lowest BCUT2D eigenvalue weighted by Gasteiger charge is -2.33. The first-order chi connectivity index (χ1) is 9.60. The molecule has 0 spiro atoms. The first-order valence-electron chi connectivity index (χ1n) is 6.18. The van der Waals surface area contributed by atoms with E-state index in [0.717, 1.165) is 5.56 Å². The number of nitrogens with zero attached hydrogens (tertiary/aromatic N) is 2. The monoisotopic (exact) mass is 293 g/mol. The molecule has 1 aromatic rings. The van der Waals surface area contributed by atoms with Gasteiger partial charge in [-0.05, 0) is 12.0 Å². The van der Waals surface area contributed by atoms with Gasteiger partial charge in [0.05, 0.1) is 18.6 Å². The van der Waals surface area contributed by atoms with Crippen LogP contribution in [0.2, 0.25) is 0 Å². The molecule has 106 valence electrons. The van der Waals surface area contributed by atoms with Gasteiger partial charge in [-0.3, -0.25) is 9.59 Å². The quantitative estimate of drug-likeness (QED) is 0.877. The third-order valence-corrected chi connectivity index (χ3v) is 4.40. The summed E-state index contributed by atoms with van der Waals surface area (Å²) in [5.74, 6) is -0.726. The fourth-order valence-electron chi connectivity index (χ4n) is 2.37. The topological polar surface area (TPSA) is 96.4 Å². The van der Waals surface area contributed by atoms with Crippen LogP contribution in [0.1, 0.15) is 28.5 Å². The highest BCUT2D eigenvalue weighted by atomic mass is 32.1. The van der Waals surface area contributed by atoms with Crippen molar-refractivity contribution >= 4 is 23.2 Å². The van der Waals surface area contributed by atoms with Crippen molar-refractivity contribution in [3.63, 3.8) is 0 Å². The normalized spacial score (nSPS) is 17.4. The van der Waals surface area contributed by atoms with E-state index < -0.39 is 11.9 Å². The molecule has 6 nitrogen and oxygen atoms in total. The number of rotatable bonds is 4. The molecule has 1 atom stereocenters. The summed E-state index contributed by atoms with van der Waals surface area (Å²) in [5, 5.41) is 10.8. The second-order valence-corrected chi connectivity index (χ2v) is 5.40. The molecule has 0 aromatic carbocycles. The Hall–Kier alpha value is -1.91. The third kappa shape index (κ3) is 2.53. The van der Waals surface area contributed by atoms with E-state index in [0.29, 0.717) is 30.0 Å². The molecular weight excluding hydrogens is 278 g/mol. The van der Waals surface area contributed by atoms with Gasteiger partial charge in [-0.25, -0.2) is 0 Å². The SMILES string of the molecule is COCCC(=O)N1CCc2c(C#N)csc2C1C(N)=O. The van der Waals surface area contributed by atoms with E-state index in [9.17, 15) is 9.59 Å². The summed E-state index contributed by atoms with van der Waals surface area (Å²) in [6.45, 7) is 0.704. The van der Waals surface area contributed by atoms with Crippen LogP contribution in [-0.4, -0.2) is 37.0 Å². The number of carbonyl (C=O) groups is 2. The Labute approximate surface area is 120 Å². The lowest BCUT2D eigenvalue weighted by atomic mass is 9.97. The third-order valence-electron chi connectivity index (χ3n) is 3.32. The summed E-state index contributed by atoms with van der Waals surface area (Å²) in [6.07, 6.45) is 0.788. The van der Waals surface area contributed by atoms with E-state index >= 15 is 0 Å². The number of amides is 2. The number of hydrogen-bond donors (Lipinski definition) is 1. The van der Waals surface area contributed by atoms with Crippen LogP contribution in [0.15, 0.2) is 5.38 Å². The molecular formula is C13H15N3O3S. The van der Waals surface area contributed by atoms with Crippen LogP contribution in [0.25, 0.3) is 0 Å². The standard InChI is InChI=1S/C13H15N3O3S/c1-19-5-3-10(17)16-4-2-9-8(6-14)7-20-12(9)11(16)13(15)18/h7,11H,2-5H2,1H3,(H2,15,18). The number of nitrogens with two attached hydrogens (primary N) is 1. The van der Waals surface area contributed by atoms with Gasteiger partial charge in [0.2, 0.25) is 11.8 Å². The Morgan fingerprint density at radius 1 is 1.65 bits per heavy atom. The molecule has 0 bridgehead atoms. The number of fused-ring (bicyclic) bond motifs is 1. The first kappa shape index (κ1) is 14.5. The van der Waals surface area contributed by atoms with Crippen LogP contribution < -0.4 is 5.73 Å². The van der Waals surface area contributed by atoms with Crippen LogP contribution in [0, 0.1) is 11.3 Å². The minimum Gasteiger partial charge on any atom is -0.384 e. The van der Waals surface area contributed by atoms with E-state index in [1.54, 1.807) is 5.38 Å². The van der Waals surface area contributed by atoms with Crippen LogP contribution in [0.3, 0.4) is 0 Å². The molecule has 0 aliphatic carbocycles. The number of hydrogen-bond acceptors (Lipinski definition) is 5. The van der Waals surface area contributed by atoms with Crippen LogP contribution in [0.4, 0.5) is 0 Å². The Morgan fingerprint density at radius 3 is 3.00 bits per heavy atom. The van der Waals surface area contributed by atoms with Crippen molar-refractivity contribution in [2.45, 2.75) is 18.9 Å². The summed E-state index contributed by atoms with van der Waals surface area (Å²) in [5.41, 5.74) is 6.86. The predicted molar refractivity (Wildman–Crippen MR) is 72.9 cm³/mol. The summed E-state index contributed by atoms with van der Waals surface area (Å²) in [6, 6.07) is 1.34. The van der Waals surface area contributed by atoms with Gasteiger partial charge in [0.15, 0.2) is 0 Å². The molecule has 2 rings (SSSR count). The maximum Gasteiger partial charge on any atom is 0.245 e. The highest BCUT2D eigenvalue weighted by molar-refractivity contribution is 7.10. The summed E-state index contributed by atoms with van der Waals surface area (Å²) < 4.78 is 4.89. The second-order valence-electron chi connectivity index (χ2n) is 4.49. The van der Waals surface area contributed by atoms with E-state index in [1.165, 1.54) is 23.3 Å². The number of nitriles is 1. The average molecular weight is 293 g/mol. The fourth-order valence-corrected chi connectivity index (χ4v) is 3.53. The molecule has 1 aliphatic heterocycles. The fraction of sp³-hybridized carbons (Fsp3) is 0.462. The zero-order valence-corrected chi connectivity index (χ0v) is 11.9. The predicted octanol–water partition coefficient (Wildman–Crippen LogP) is 0.567. The highest BCUT2D eigenvalue weighted by Crippen LogP contribution is 2.36. The van der Waals surface area contributed by atoms with Crippen molar-refractivity contribution < 1.29 is 14.3 Å². The second kappa shape index (κ2) is 6.03. The van der Waals surface area contributed by atoms with Gasteiger partial charge in [-0.2, -0.15) is 5.26 Å². The molecule has 0 radical (unpaired) electrons. The van der Waals surface area contributed by atoms with E-state index in [-0.39, 0.29) is 12.3 Å². The van der Waals surface area contributed by atoms with Gasteiger partial charge in [0.25, 0.3) is 0 Å². The van der Waals surface area contributed by atoms with Gasteiger partial charge in [-0.15, -0.1) is 11.3 Å². The molecule has 1 aromatic heterocycles. The zero-order chi connectivity index (χ0) is 14.7. The summed E-state index contributed by atoms with van der Waals surface area (Å²) >= 11 is 1.31. The molecule has 2 N–H and O–H groups in total. The molecule has 2 amide bonds. The van der Waals surface area contributed by atoms with Crippen molar-refractivity contribution in [2.24, 2.45) is 5.73 Å². The Balaban J connectivity index is 2.31. The maximum absolute atomic E-state index is 12.1. The van der Waals surface area contributed by atoms with Crippen molar-refractivity contribution in [3.8, 4) is 6.07 Å². The number of ether oxygens (including phenoxy) is 1. The molecule has 2 heterocycles. The number of carbonyl (C=O) groups excluding carboxylic acids is 2. The Bertz CT molecular complexity index is 576. The van der Waals surface area contributed by atoms with Gasteiger partial charge >= 0.3 is 0 Å². The van der Waals surface area contributed by atoms with Gasteiger partial charge < -0.3 is 15.4 Å². The lowest BCUT2D eigenvalue weighted by Crippen LogP contribution is -2.45. The molecule has 7 heteroatoms. The molecule has 0 fully saturated rings. The number of methoxy groups -OCH3 is 1. The van der Waals surface area contributed by atoms with E-state index in [1.807, 2.05) is 0 Å². The maximum atomic E-state index is 12.1. The number of thiophene rings is 1. The lowest BCUT2D eigenvalue weighted by molar-refractivity contribution is -0.140. The molecule has 0 saturated carbocycles. The molecule has 20 heavy (non-hydrogen) atoms. The molecule has 1 aliphatic rings. The molecule has 0 saturated heterocycles. The largest absolute Gasteiger partial charge is 0.384 e. The van der Waals surface area contributed by atoms with E-state index in [2.05, 4.69) is 6.07 Å². The van der Waals surface area contributed by atoms with Gasteiger partial charge in [0.1, 0.15) is 12.1 Å². The van der Waals surface area contributed by atoms with Crippen LogP contribution in [0.5, 0.6) is 0 Å². The smallest absolute Gasteiger partial charge is 0.245 e. The van der Waals surface area contributed by atoms with Crippen molar-refractivity contribution in [3.05, 3.63) is 21.4 Å². The number of primary amides is 1. The highest BCUT2D eigenvalue weighted by Gasteiger charge is 2.36. The van der Waals surface area contributed by atoms with Gasteiger partial charge in [0, 0.05) is 23.9 Å². The van der Waals surface area contributed by atoms with E-state index in [4.69, 9.17) is 15.7 Å². The average Bonchev–Trinajstić information content (AvgIpc) is 2.86. The van der Waals surface area contributed by atoms with Gasteiger partial charge in [-0.1, -0.05) is 0 Å². The van der Waals surface area contributed by atoms with Crippen molar-refractivity contribution in [1.82, 2.24) is 4.90 Å². The Kier molecular flexibility index (Phi) is 4.37. The minimum atomic E-state index is -0.768. The van der Waals surface area contributed by atoms with Crippen molar-refractivity contribution in [1.29, 1.82) is 5.26 Å². The zero-order valence-electron chi connectivity index (χ0n) is 11.1. The first-order valence-corrected chi connectivity index (χ1v) is 7.06. The van der Waals surface area contributed by atoms with Crippen LogP contribution >= 0.6 is 11.3 Å². The van der Waals surface area contributed by atoms with Crippen molar-refractivity contribution in [2.75, 3.05) is 20.3 Å². The van der Waals surface area contributed by atoms with Crippen LogP contribution in [-0.2, 0) is 20.7 Å². The molecule has 1 unspecified atom stereocenters. The summed E-state index contributed by atoms with van der Waals surface area (Å²) in [4.78, 5) is 26.1. The summed E-state index contributed by atoms with van der Waals surface area (Å²) in [7, 11) is 1.52. The Morgan fingerprint density at radius 2 is 2.40 bits per heavy atom.